The van der Waals surface area contributed by atoms with E-state index in [1.165, 1.54) is 17.0 Å². The van der Waals surface area contributed by atoms with Gasteiger partial charge in [0, 0.05) is 18.8 Å². The zero-order chi connectivity index (χ0) is 19.5. The number of nitrogens with zero attached hydrogens (tertiary/aromatic N) is 1. The van der Waals surface area contributed by atoms with Gasteiger partial charge in [0.1, 0.15) is 0 Å². The Balaban J connectivity index is 0.00000364. The molecule has 1 aromatic rings. The maximum atomic E-state index is 12.5. The molecule has 0 bridgehead atoms. The molecule has 0 radical (unpaired) electrons. The van der Waals surface area contributed by atoms with Gasteiger partial charge in [-0.2, -0.15) is 0 Å². The Kier molecular flexibility index (Phi) is 8.22. The summed E-state index contributed by atoms with van der Waals surface area (Å²) in [6.45, 7) is 5.91. The number of carbonyl (C=O) groups excluding carboxylic acids is 2. The number of nitrogens with one attached hydrogen (secondary N) is 2. The fourth-order valence-corrected chi connectivity index (χ4v) is 3.80. The van der Waals surface area contributed by atoms with E-state index < -0.39 is 16.1 Å². The lowest BCUT2D eigenvalue weighted by atomic mass is 10.1. The first-order chi connectivity index (χ1) is 12.2. The zero-order valence-electron chi connectivity index (χ0n) is 15.7. The van der Waals surface area contributed by atoms with Crippen LogP contribution in [0.2, 0.25) is 0 Å². The summed E-state index contributed by atoms with van der Waals surface area (Å²) in [5, 5.41) is 2.55. The van der Waals surface area contributed by atoms with Gasteiger partial charge >= 0.3 is 0 Å². The van der Waals surface area contributed by atoms with Crippen LogP contribution < -0.4 is 20.7 Å². The summed E-state index contributed by atoms with van der Waals surface area (Å²) in [6.07, 6.45) is 0.641. The molecule has 2 rings (SSSR count). The van der Waals surface area contributed by atoms with E-state index in [4.69, 9.17) is 5.73 Å². The molecule has 27 heavy (non-hydrogen) atoms. The number of nitrogens with two attached hydrogens (primary N) is 1. The monoisotopic (exact) mass is 418 g/mol. The van der Waals surface area contributed by atoms with E-state index in [0.717, 1.165) is 5.56 Å². The van der Waals surface area contributed by atoms with Crippen LogP contribution in [0.15, 0.2) is 23.1 Å². The molecule has 0 aromatic heterocycles. The third kappa shape index (κ3) is 5.41. The van der Waals surface area contributed by atoms with Crippen molar-refractivity contribution < 1.29 is 18.0 Å². The van der Waals surface area contributed by atoms with Crippen molar-refractivity contribution in [2.75, 3.05) is 24.5 Å². The summed E-state index contributed by atoms with van der Waals surface area (Å²) >= 11 is 0. The Labute approximate surface area is 166 Å². The second-order valence-corrected chi connectivity index (χ2v) is 8.34. The quantitative estimate of drug-likeness (QED) is 0.591. The smallest absolute Gasteiger partial charge is 0.246 e. The topological polar surface area (TPSA) is 122 Å². The van der Waals surface area contributed by atoms with Crippen LogP contribution in [-0.2, 0) is 26.0 Å². The SMILES string of the molecule is CCNS(=O)(=O)c1ccc2c(c1)N(C(=O)CNC(=O)[C@@H](N)C(C)C)CC2.Cl. The lowest BCUT2D eigenvalue weighted by molar-refractivity contribution is -0.126. The standard InChI is InChI=1S/C17H26N4O4S.ClH/c1-4-20-26(24,25)13-6-5-12-7-8-21(14(12)9-13)15(22)10-19-17(23)16(18)11(2)3;/h5-6,9,11,16,20H,4,7-8,10,18H2,1-3H3,(H,19,23);1H/t16-;/m0./s1. The third-order valence-electron chi connectivity index (χ3n) is 4.33. The van der Waals surface area contributed by atoms with Crippen LogP contribution in [0.3, 0.4) is 0 Å². The van der Waals surface area contributed by atoms with Gasteiger partial charge in [0.25, 0.3) is 0 Å². The van der Waals surface area contributed by atoms with E-state index in [1.807, 2.05) is 13.8 Å². The van der Waals surface area contributed by atoms with Crippen LogP contribution in [0, 0.1) is 5.92 Å². The van der Waals surface area contributed by atoms with Crippen molar-refractivity contribution in [3.63, 3.8) is 0 Å². The molecule has 1 aliphatic heterocycles. The van der Waals surface area contributed by atoms with E-state index in [1.54, 1.807) is 13.0 Å². The molecule has 1 aliphatic rings. The fourth-order valence-electron chi connectivity index (χ4n) is 2.74. The van der Waals surface area contributed by atoms with Crippen LogP contribution in [0.4, 0.5) is 5.69 Å². The van der Waals surface area contributed by atoms with Crippen LogP contribution in [0.1, 0.15) is 26.3 Å². The molecule has 0 fully saturated rings. The van der Waals surface area contributed by atoms with Gasteiger partial charge in [-0.1, -0.05) is 26.8 Å². The lowest BCUT2D eigenvalue weighted by Crippen LogP contribution is -2.47. The van der Waals surface area contributed by atoms with Crippen LogP contribution in [-0.4, -0.2) is 45.9 Å². The van der Waals surface area contributed by atoms with Crippen molar-refractivity contribution in [3.8, 4) is 0 Å². The maximum absolute atomic E-state index is 12.5. The number of fused-ring (bicyclic) bond motifs is 1. The van der Waals surface area contributed by atoms with Gasteiger partial charge in [-0.3, -0.25) is 9.59 Å². The molecule has 8 nitrogen and oxygen atoms in total. The molecule has 10 heteroatoms. The number of hydrogen-bond donors (Lipinski definition) is 3. The third-order valence-corrected chi connectivity index (χ3v) is 5.88. The largest absolute Gasteiger partial charge is 0.346 e. The van der Waals surface area contributed by atoms with E-state index in [0.29, 0.717) is 18.7 Å². The second-order valence-electron chi connectivity index (χ2n) is 6.57. The van der Waals surface area contributed by atoms with Gasteiger partial charge in [-0.25, -0.2) is 13.1 Å². The van der Waals surface area contributed by atoms with Gasteiger partial charge in [0.15, 0.2) is 0 Å². The van der Waals surface area contributed by atoms with Crippen molar-refractivity contribution in [2.24, 2.45) is 11.7 Å². The molecular formula is C17H27ClN4O4S. The highest BCUT2D eigenvalue weighted by molar-refractivity contribution is 7.89. The van der Waals surface area contributed by atoms with E-state index >= 15 is 0 Å². The summed E-state index contributed by atoms with van der Waals surface area (Å²) in [6, 6.07) is 4.08. The minimum absolute atomic E-state index is 0. The molecule has 0 spiro atoms. The van der Waals surface area contributed by atoms with E-state index in [-0.39, 0.29) is 48.1 Å². The Bertz CT molecular complexity index is 798. The Morgan fingerprint density at radius 1 is 1.30 bits per heavy atom. The van der Waals surface area contributed by atoms with Crippen molar-refractivity contribution in [2.45, 2.75) is 38.1 Å². The predicted octanol–water partition coefficient (Wildman–Crippen LogP) is 0.395. The van der Waals surface area contributed by atoms with Crippen molar-refractivity contribution in [1.82, 2.24) is 10.0 Å². The maximum Gasteiger partial charge on any atom is 0.246 e. The molecule has 0 aliphatic carbocycles. The first-order valence-electron chi connectivity index (χ1n) is 8.63. The number of rotatable bonds is 7. The zero-order valence-corrected chi connectivity index (χ0v) is 17.3. The van der Waals surface area contributed by atoms with Crippen LogP contribution in [0.25, 0.3) is 0 Å². The molecule has 152 valence electrons. The molecule has 1 heterocycles. The summed E-state index contributed by atoms with van der Waals surface area (Å²) in [4.78, 5) is 26.0. The average Bonchev–Trinajstić information content (AvgIpc) is 3.01. The summed E-state index contributed by atoms with van der Waals surface area (Å²) < 4.78 is 26.8. The number of benzene rings is 1. The van der Waals surface area contributed by atoms with Gasteiger partial charge in [0.05, 0.1) is 17.5 Å². The van der Waals surface area contributed by atoms with Gasteiger partial charge in [0.2, 0.25) is 21.8 Å². The van der Waals surface area contributed by atoms with Crippen molar-refractivity contribution >= 4 is 39.9 Å². The van der Waals surface area contributed by atoms with Crippen LogP contribution in [0.5, 0.6) is 0 Å². The molecule has 2 amide bonds. The summed E-state index contributed by atoms with van der Waals surface area (Å²) in [7, 11) is -3.60. The Morgan fingerprint density at radius 2 is 1.96 bits per heavy atom. The molecule has 0 saturated carbocycles. The van der Waals surface area contributed by atoms with E-state index in [2.05, 4.69) is 10.0 Å². The summed E-state index contributed by atoms with van der Waals surface area (Å²) in [5.74, 6) is -0.709. The normalized spacial score (nSPS) is 14.5. The number of sulfonamides is 1. The highest BCUT2D eigenvalue weighted by Crippen LogP contribution is 2.30. The summed E-state index contributed by atoms with van der Waals surface area (Å²) in [5.41, 5.74) is 7.23. The molecule has 0 saturated heterocycles. The van der Waals surface area contributed by atoms with Gasteiger partial charge < -0.3 is 16.0 Å². The number of amides is 2. The first kappa shape index (κ1) is 23.4. The predicted molar refractivity (Wildman–Crippen MR) is 106 cm³/mol. The van der Waals surface area contributed by atoms with Crippen molar-refractivity contribution in [1.29, 1.82) is 0 Å². The van der Waals surface area contributed by atoms with Crippen LogP contribution >= 0.6 is 12.4 Å². The Hall–Kier alpha value is -1.68. The number of carbonyl (C=O) groups is 2. The molecule has 0 unspecified atom stereocenters. The average molecular weight is 419 g/mol. The van der Waals surface area contributed by atoms with E-state index in [9.17, 15) is 18.0 Å². The fraction of sp³-hybridized carbons (Fsp3) is 0.529. The number of hydrogen-bond acceptors (Lipinski definition) is 5. The first-order valence-corrected chi connectivity index (χ1v) is 10.1. The second kappa shape index (κ2) is 9.50. The molecule has 4 N–H and O–H groups in total. The van der Waals surface area contributed by atoms with Crippen molar-refractivity contribution in [3.05, 3.63) is 23.8 Å². The van der Waals surface area contributed by atoms with Gasteiger partial charge in [-0.05, 0) is 30.0 Å². The number of halogens is 1. The molecule has 1 aromatic carbocycles. The molecule has 1 atom stereocenters. The molecular weight excluding hydrogens is 392 g/mol. The minimum Gasteiger partial charge on any atom is -0.346 e. The minimum atomic E-state index is -3.60. The van der Waals surface area contributed by atoms with Gasteiger partial charge in [-0.15, -0.1) is 12.4 Å². The highest BCUT2D eigenvalue weighted by Gasteiger charge is 2.27. The lowest BCUT2D eigenvalue weighted by Gasteiger charge is -2.20. The number of anilines is 1. The highest BCUT2D eigenvalue weighted by atomic mass is 35.5. The Morgan fingerprint density at radius 3 is 2.56 bits per heavy atom.